The third-order valence-electron chi connectivity index (χ3n) is 3.02. The summed E-state index contributed by atoms with van der Waals surface area (Å²) >= 11 is 0. The van der Waals surface area contributed by atoms with Crippen LogP contribution in [0, 0.1) is 6.92 Å². The molecule has 0 amide bonds. The number of hydrogen-bond acceptors (Lipinski definition) is 3. The van der Waals surface area contributed by atoms with Gasteiger partial charge < -0.3 is 5.11 Å². The highest BCUT2D eigenvalue weighted by atomic mass is 16.4. The van der Waals surface area contributed by atoms with Crippen molar-refractivity contribution in [3.63, 3.8) is 0 Å². The number of aryl methyl sites for hydroxylation is 2. The third kappa shape index (κ3) is 1.77. The highest BCUT2D eigenvalue weighted by molar-refractivity contribution is 5.92. The first kappa shape index (κ1) is 11.5. The number of imidazole rings is 1. The van der Waals surface area contributed by atoms with Gasteiger partial charge in [0, 0.05) is 13.2 Å². The Hall–Kier alpha value is -2.63. The van der Waals surface area contributed by atoms with Crippen molar-refractivity contribution in [3.8, 4) is 5.69 Å². The number of carboxylic acid groups (broad SMARTS) is 1. The molecule has 6 heteroatoms. The Morgan fingerprint density at radius 2 is 2.16 bits per heavy atom. The lowest BCUT2D eigenvalue weighted by Crippen LogP contribution is -1.97. The lowest BCUT2D eigenvalue weighted by atomic mass is 10.2. The molecule has 19 heavy (non-hydrogen) atoms. The van der Waals surface area contributed by atoms with E-state index in [1.165, 1.54) is 0 Å². The summed E-state index contributed by atoms with van der Waals surface area (Å²) in [5, 5.41) is 13.1. The molecule has 0 aliphatic carbocycles. The van der Waals surface area contributed by atoms with E-state index < -0.39 is 5.97 Å². The van der Waals surface area contributed by atoms with Crippen LogP contribution in [0.15, 0.2) is 30.6 Å². The average molecular weight is 256 g/mol. The molecule has 0 saturated carbocycles. The van der Waals surface area contributed by atoms with Crippen LogP contribution in [0.1, 0.15) is 16.2 Å². The van der Waals surface area contributed by atoms with Crippen molar-refractivity contribution in [1.82, 2.24) is 19.3 Å². The monoisotopic (exact) mass is 256 g/mol. The lowest BCUT2D eigenvalue weighted by molar-refractivity contribution is 0.0697. The topological polar surface area (TPSA) is 72.9 Å². The highest BCUT2D eigenvalue weighted by Gasteiger charge is 2.12. The molecule has 0 aliphatic heterocycles. The van der Waals surface area contributed by atoms with E-state index in [1.54, 1.807) is 29.1 Å². The fourth-order valence-electron chi connectivity index (χ4n) is 2.18. The molecular weight excluding hydrogens is 244 g/mol. The second kappa shape index (κ2) is 3.94. The van der Waals surface area contributed by atoms with Crippen LogP contribution in [-0.2, 0) is 7.05 Å². The number of rotatable bonds is 2. The van der Waals surface area contributed by atoms with Crippen LogP contribution in [0.25, 0.3) is 16.7 Å². The van der Waals surface area contributed by atoms with Crippen molar-refractivity contribution in [1.29, 1.82) is 0 Å². The van der Waals surface area contributed by atoms with Gasteiger partial charge >= 0.3 is 5.97 Å². The Bertz CT molecular complexity index is 785. The summed E-state index contributed by atoms with van der Waals surface area (Å²) in [6.45, 7) is 1.88. The molecule has 0 saturated heterocycles. The zero-order valence-corrected chi connectivity index (χ0v) is 10.5. The molecule has 0 bridgehead atoms. The fraction of sp³-hybridized carbons (Fsp3) is 0.154. The number of fused-ring (bicyclic) bond motifs is 1. The molecule has 1 N–H and O–H groups in total. The van der Waals surface area contributed by atoms with Crippen LogP contribution in [0.3, 0.4) is 0 Å². The molecule has 2 aromatic heterocycles. The van der Waals surface area contributed by atoms with Crippen LogP contribution in [0.5, 0.6) is 0 Å². The van der Waals surface area contributed by atoms with E-state index in [0.717, 1.165) is 17.0 Å². The number of benzene rings is 1. The van der Waals surface area contributed by atoms with Gasteiger partial charge in [-0.2, -0.15) is 5.10 Å². The molecule has 96 valence electrons. The maximum atomic E-state index is 11.0. The zero-order valence-electron chi connectivity index (χ0n) is 10.5. The Labute approximate surface area is 108 Å². The summed E-state index contributed by atoms with van der Waals surface area (Å²) in [5.74, 6) is -0.152. The molecule has 0 radical (unpaired) electrons. The predicted octanol–water partition coefficient (Wildman–Crippen LogP) is 1.77. The van der Waals surface area contributed by atoms with Crippen LogP contribution in [-0.4, -0.2) is 30.4 Å². The lowest BCUT2D eigenvalue weighted by Gasteiger charge is -2.02. The Kier molecular flexibility index (Phi) is 2.38. The van der Waals surface area contributed by atoms with Crippen molar-refractivity contribution >= 4 is 17.0 Å². The fourth-order valence-corrected chi connectivity index (χ4v) is 2.18. The Morgan fingerprint density at radius 3 is 2.79 bits per heavy atom. The van der Waals surface area contributed by atoms with Gasteiger partial charge in [-0.1, -0.05) is 0 Å². The SMILES string of the molecule is Cc1nc2cc(C(=O)O)ccc2n1-c1cnn(C)c1. The van der Waals surface area contributed by atoms with Gasteiger partial charge in [-0.3, -0.25) is 9.25 Å². The molecule has 3 aromatic rings. The van der Waals surface area contributed by atoms with E-state index in [4.69, 9.17) is 5.11 Å². The summed E-state index contributed by atoms with van der Waals surface area (Å²) in [5.41, 5.74) is 2.69. The number of carboxylic acids is 1. The summed E-state index contributed by atoms with van der Waals surface area (Å²) < 4.78 is 3.67. The van der Waals surface area contributed by atoms with E-state index in [1.807, 2.05) is 24.7 Å². The van der Waals surface area contributed by atoms with Gasteiger partial charge in [0.15, 0.2) is 0 Å². The van der Waals surface area contributed by atoms with Gasteiger partial charge in [-0.25, -0.2) is 9.78 Å². The number of aromatic carboxylic acids is 1. The first-order valence-electron chi connectivity index (χ1n) is 5.77. The van der Waals surface area contributed by atoms with E-state index in [9.17, 15) is 4.79 Å². The molecule has 2 heterocycles. The van der Waals surface area contributed by atoms with Gasteiger partial charge in [0.1, 0.15) is 5.82 Å². The first-order valence-corrected chi connectivity index (χ1v) is 5.77. The minimum atomic E-state index is -0.949. The second-order valence-electron chi connectivity index (χ2n) is 4.38. The molecule has 0 aliphatic rings. The highest BCUT2D eigenvalue weighted by Crippen LogP contribution is 2.21. The van der Waals surface area contributed by atoms with Gasteiger partial charge in [-0.05, 0) is 25.1 Å². The van der Waals surface area contributed by atoms with Crippen molar-refractivity contribution in [2.75, 3.05) is 0 Å². The molecule has 6 nitrogen and oxygen atoms in total. The van der Waals surface area contributed by atoms with Gasteiger partial charge in [-0.15, -0.1) is 0 Å². The number of hydrogen-bond donors (Lipinski definition) is 1. The molecule has 0 atom stereocenters. The maximum absolute atomic E-state index is 11.0. The summed E-state index contributed by atoms with van der Waals surface area (Å²) in [4.78, 5) is 15.4. The minimum absolute atomic E-state index is 0.239. The first-order chi connectivity index (χ1) is 9.06. The number of aromatic nitrogens is 4. The van der Waals surface area contributed by atoms with Gasteiger partial charge in [0.2, 0.25) is 0 Å². The normalized spacial score (nSPS) is 11.1. The van der Waals surface area contributed by atoms with Crippen molar-refractivity contribution < 1.29 is 9.90 Å². The van der Waals surface area contributed by atoms with Crippen molar-refractivity contribution in [2.45, 2.75) is 6.92 Å². The molecular formula is C13H12N4O2. The number of nitrogens with zero attached hydrogens (tertiary/aromatic N) is 4. The van der Waals surface area contributed by atoms with Crippen LogP contribution in [0.4, 0.5) is 0 Å². The van der Waals surface area contributed by atoms with Crippen LogP contribution in [0.2, 0.25) is 0 Å². The summed E-state index contributed by atoms with van der Waals surface area (Å²) in [6, 6.07) is 4.93. The number of carbonyl (C=O) groups is 1. The molecule has 1 aromatic carbocycles. The van der Waals surface area contributed by atoms with E-state index >= 15 is 0 Å². The van der Waals surface area contributed by atoms with Crippen molar-refractivity contribution in [3.05, 3.63) is 42.0 Å². The average Bonchev–Trinajstić information content (AvgIpc) is 2.90. The molecule has 0 spiro atoms. The van der Waals surface area contributed by atoms with Crippen molar-refractivity contribution in [2.24, 2.45) is 7.05 Å². The molecule has 0 fully saturated rings. The third-order valence-corrected chi connectivity index (χ3v) is 3.02. The molecule has 0 unspecified atom stereocenters. The predicted molar refractivity (Wildman–Crippen MR) is 69.5 cm³/mol. The van der Waals surface area contributed by atoms with Crippen LogP contribution >= 0.6 is 0 Å². The minimum Gasteiger partial charge on any atom is -0.478 e. The zero-order chi connectivity index (χ0) is 13.6. The van der Waals surface area contributed by atoms with E-state index in [-0.39, 0.29) is 5.56 Å². The van der Waals surface area contributed by atoms with Crippen LogP contribution < -0.4 is 0 Å². The maximum Gasteiger partial charge on any atom is 0.335 e. The summed E-state index contributed by atoms with van der Waals surface area (Å²) in [7, 11) is 1.85. The van der Waals surface area contributed by atoms with E-state index in [2.05, 4.69) is 10.1 Å². The largest absolute Gasteiger partial charge is 0.478 e. The summed E-state index contributed by atoms with van der Waals surface area (Å²) in [6.07, 6.45) is 3.64. The van der Waals surface area contributed by atoms with Gasteiger partial charge in [0.25, 0.3) is 0 Å². The quantitative estimate of drug-likeness (QED) is 0.758. The standard InChI is InChI=1S/C13H12N4O2/c1-8-15-11-5-9(13(18)19)3-4-12(11)17(8)10-6-14-16(2)7-10/h3-7H,1-2H3,(H,18,19). The molecule has 3 rings (SSSR count). The Morgan fingerprint density at radius 1 is 1.37 bits per heavy atom. The Balaban J connectivity index is 2.26. The second-order valence-corrected chi connectivity index (χ2v) is 4.38. The van der Waals surface area contributed by atoms with E-state index in [0.29, 0.717) is 5.52 Å². The smallest absolute Gasteiger partial charge is 0.335 e. The van der Waals surface area contributed by atoms with Gasteiger partial charge in [0.05, 0.1) is 28.5 Å².